The van der Waals surface area contributed by atoms with Gasteiger partial charge in [-0.15, -0.1) is 0 Å². The van der Waals surface area contributed by atoms with Crippen molar-refractivity contribution in [3.63, 3.8) is 0 Å². The van der Waals surface area contributed by atoms with E-state index in [-0.39, 0.29) is 5.41 Å². The van der Waals surface area contributed by atoms with Crippen LogP contribution in [0.5, 0.6) is 0 Å². The van der Waals surface area contributed by atoms with Crippen molar-refractivity contribution in [1.29, 1.82) is 0 Å². The number of rotatable bonds is 10. The van der Waals surface area contributed by atoms with Crippen LogP contribution in [0.25, 0.3) is 17.3 Å². The molecule has 0 bridgehead atoms. The summed E-state index contributed by atoms with van der Waals surface area (Å²) in [6.45, 7) is 5.30. The number of nitrogens with one attached hydrogen (secondary N) is 3. The predicted octanol–water partition coefficient (Wildman–Crippen LogP) is 5.04. The maximum absolute atomic E-state index is 14.2. The first-order valence-electron chi connectivity index (χ1n) is 10.5. The van der Waals surface area contributed by atoms with Gasteiger partial charge in [-0.2, -0.15) is 0 Å². The van der Waals surface area contributed by atoms with Crippen LogP contribution in [0.1, 0.15) is 55.3 Å². The largest absolute Gasteiger partial charge is 0.383 e. The van der Waals surface area contributed by atoms with Gasteiger partial charge in [0.1, 0.15) is 6.67 Å². The van der Waals surface area contributed by atoms with Crippen LogP contribution in [-0.2, 0) is 12.1 Å². The van der Waals surface area contributed by atoms with Gasteiger partial charge in [0.15, 0.2) is 0 Å². The van der Waals surface area contributed by atoms with E-state index in [1.165, 1.54) is 25.7 Å². The molecule has 4 nitrogen and oxygen atoms in total. The minimum Gasteiger partial charge on any atom is -0.383 e. The van der Waals surface area contributed by atoms with Crippen molar-refractivity contribution in [2.45, 2.75) is 50.6 Å². The Balaban J connectivity index is 1.67. The SMILES string of the molecule is C=Cc1c(C2(CNC)CC2)[nH]c(-c2ccncc2NCCC2CCC2)c1CF. The lowest BCUT2D eigenvalue weighted by molar-refractivity contribution is 0.303. The van der Waals surface area contributed by atoms with Gasteiger partial charge >= 0.3 is 0 Å². The number of aromatic amines is 1. The third kappa shape index (κ3) is 3.48. The Labute approximate surface area is 167 Å². The molecule has 2 saturated carbocycles. The Hall–Kier alpha value is -2.14. The monoisotopic (exact) mass is 382 g/mol. The molecule has 0 spiro atoms. The molecule has 2 aliphatic rings. The number of hydrogen-bond donors (Lipinski definition) is 3. The van der Waals surface area contributed by atoms with E-state index in [1.54, 1.807) is 6.20 Å². The zero-order valence-electron chi connectivity index (χ0n) is 16.8. The molecular formula is C23H31FN4. The molecule has 28 heavy (non-hydrogen) atoms. The number of aromatic nitrogens is 2. The molecule has 4 rings (SSSR count). The van der Waals surface area contributed by atoms with Crippen molar-refractivity contribution in [1.82, 2.24) is 15.3 Å². The van der Waals surface area contributed by atoms with E-state index in [9.17, 15) is 4.39 Å². The van der Waals surface area contributed by atoms with Crippen LogP contribution in [-0.4, -0.2) is 30.1 Å². The molecule has 0 amide bonds. The number of pyridine rings is 1. The van der Waals surface area contributed by atoms with Crippen LogP contribution >= 0.6 is 0 Å². The summed E-state index contributed by atoms with van der Waals surface area (Å²) >= 11 is 0. The van der Waals surface area contributed by atoms with Gasteiger partial charge in [0, 0.05) is 47.1 Å². The zero-order valence-corrected chi connectivity index (χ0v) is 16.8. The summed E-state index contributed by atoms with van der Waals surface area (Å²) in [5.41, 5.74) is 5.66. The van der Waals surface area contributed by atoms with Crippen molar-refractivity contribution in [3.8, 4) is 11.3 Å². The van der Waals surface area contributed by atoms with Crippen molar-refractivity contribution in [3.05, 3.63) is 41.9 Å². The lowest BCUT2D eigenvalue weighted by Crippen LogP contribution is -2.24. The minimum absolute atomic E-state index is 0.0747. The maximum atomic E-state index is 14.2. The van der Waals surface area contributed by atoms with Crippen molar-refractivity contribution >= 4 is 11.8 Å². The average molecular weight is 383 g/mol. The number of nitrogens with zero attached hydrogens (tertiary/aromatic N) is 1. The number of likely N-dealkylation sites (N-methyl/N-ethyl adjacent to an activating group) is 1. The Morgan fingerprint density at radius 2 is 2.21 bits per heavy atom. The minimum atomic E-state index is -0.507. The highest BCUT2D eigenvalue weighted by atomic mass is 19.1. The van der Waals surface area contributed by atoms with Gasteiger partial charge < -0.3 is 15.6 Å². The number of halogens is 1. The van der Waals surface area contributed by atoms with E-state index in [2.05, 4.69) is 27.2 Å². The van der Waals surface area contributed by atoms with Crippen LogP contribution in [0.4, 0.5) is 10.1 Å². The molecule has 5 heteroatoms. The Bertz CT molecular complexity index is 833. The first-order valence-corrected chi connectivity index (χ1v) is 10.5. The molecule has 150 valence electrons. The second kappa shape index (κ2) is 8.08. The van der Waals surface area contributed by atoms with E-state index in [1.807, 2.05) is 25.4 Å². The van der Waals surface area contributed by atoms with Crippen LogP contribution < -0.4 is 10.6 Å². The number of H-pyrrole nitrogens is 1. The normalized spacial score (nSPS) is 17.9. The van der Waals surface area contributed by atoms with Gasteiger partial charge in [-0.3, -0.25) is 4.98 Å². The van der Waals surface area contributed by atoms with Gasteiger partial charge in [0.2, 0.25) is 0 Å². The highest BCUT2D eigenvalue weighted by molar-refractivity contribution is 5.81. The van der Waals surface area contributed by atoms with Gasteiger partial charge in [-0.1, -0.05) is 31.9 Å². The van der Waals surface area contributed by atoms with Crippen molar-refractivity contribution in [2.75, 3.05) is 25.5 Å². The fourth-order valence-corrected chi connectivity index (χ4v) is 4.52. The smallest absolute Gasteiger partial charge is 0.117 e. The molecule has 0 aromatic carbocycles. The molecule has 0 aliphatic heterocycles. The molecule has 0 radical (unpaired) electrons. The highest BCUT2D eigenvalue weighted by Crippen LogP contribution is 2.51. The van der Waals surface area contributed by atoms with Crippen LogP contribution in [0.15, 0.2) is 25.0 Å². The Kier molecular flexibility index (Phi) is 5.54. The van der Waals surface area contributed by atoms with Crippen LogP contribution in [0.3, 0.4) is 0 Å². The average Bonchev–Trinajstić information content (AvgIpc) is 3.35. The molecule has 0 saturated heterocycles. The van der Waals surface area contributed by atoms with E-state index in [4.69, 9.17) is 0 Å². The van der Waals surface area contributed by atoms with Crippen molar-refractivity contribution < 1.29 is 4.39 Å². The Morgan fingerprint density at radius 3 is 2.82 bits per heavy atom. The van der Waals surface area contributed by atoms with E-state index in [0.717, 1.165) is 60.1 Å². The predicted molar refractivity (Wildman–Crippen MR) is 114 cm³/mol. The third-order valence-corrected chi connectivity index (χ3v) is 6.57. The molecule has 2 heterocycles. The second-order valence-corrected chi connectivity index (χ2v) is 8.35. The Morgan fingerprint density at radius 1 is 1.39 bits per heavy atom. The summed E-state index contributed by atoms with van der Waals surface area (Å²) < 4.78 is 14.2. The molecule has 2 fully saturated rings. The van der Waals surface area contributed by atoms with E-state index < -0.39 is 6.67 Å². The van der Waals surface area contributed by atoms with Gasteiger partial charge in [-0.05, 0) is 38.3 Å². The first kappa shape index (κ1) is 19.2. The van der Waals surface area contributed by atoms with Crippen LogP contribution in [0.2, 0.25) is 0 Å². The molecular weight excluding hydrogens is 351 g/mol. The quantitative estimate of drug-likeness (QED) is 0.539. The maximum Gasteiger partial charge on any atom is 0.117 e. The van der Waals surface area contributed by atoms with Crippen molar-refractivity contribution in [2.24, 2.45) is 5.92 Å². The summed E-state index contributed by atoms with van der Waals surface area (Å²) in [4.78, 5) is 7.90. The molecule has 2 aliphatic carbocycles. The second-order valence-electron chi connectivity index (χ2n) is 8.35. The molecule has 2 aromatic rings. The fraction of sp³-hybridized carbons (Fsp3) is 0.522. The summed E-state index contributed by atoms with van der Waals surface area (Å²) in [7, 11) is 1.97. The number of alkyl halides is 1. The van der Waals surface area contributed by atoms with Crippen LogP contribution in [0, 0.1) is 5.92 Å². The molecule has 2 aromatic heterocycles. The first-order chi connectivity index (χ1) is 13.7. The zero-order chi connectivity index (χ0) is 19.6. The standard InChI is InChI=1S/C23H31FN4/c1-3-17-19(13-24)21(28-22(17)23(9-10-23)15-25-2)18-8-11-26-14-20(18)27-12-7-16-5-4-6-16/h3,8,11,14,16,25,27-28H,1,4-7,9-10,12-13,15H2,2H3. The summed E-state index contributed by atoms with van der Waals surface area (Å²) in [5.74, 6) is 0.856. The third-order valence-electron chi connectivity index (χ3n) is 6.57. The lowest BCUT2D eigenvalue weighted by atomic mass is 9.83. The molecule has 0 unspecified atom stereocenters. The summed E-state index contributed by atoms with van der Waals surface area (Å²) in [6, 6.07) is 1.98. The molecule has 3 N–H and O–H groups in total. The van der Waals surface area contributed by atoms with Gasteiger partial charge in [0.05, 0.1) is 17.6 Å². The van der Waals surface area contributed by atoms with E-state index >= 15 is 0 Å². The topological polar surface area (TPSA) is 52.7 Å². The number of anilines is 1. The summed E-state index contributed by atoms with van der Waals surface area (Å²) in [5, 5.41) is 6.84. The molecule has 0 atom stereocenters. The van der Waals surface area contributed by atoms with Gasteiger partial charge in [-0.25, -0.2) is 4.39 Å². The highest BCUT2D eigenvalue weighted by Gasteiger charge is 2.46. The van der Waals surface area contributed by atoms with E-state index in [0.29, 0.717) is 5.56 Å². The van der Waals surface area contributed by atoms with Gasteiger partial charge in [0.25, 0.3) is 0 Å². The number of hydrogen-bond acceptors (Lipinski definition) is 3. The lowest BCUT2D eigenvalue weighted by Gasteiger charge is -2.25. The fourth-order valence-electron chi connectivity index (χ4n) is 4.52. The summed E-state index contributed by atoms with van der Waals surface area (Å²) in [6.07, 6.45) is 12.9.